The zero-order valence-corrected chi connectivity index (χ0v) is 16.2. The molecule has 0 spiro atoms. The molecule has 0 radical (unpaired) electrons. The van der Waals surface area contributed by atoms with E-state index >= 15 is 0 Å². The molecule has 2 bridgehead atoms. The third-order valence-corrected chi connectivity index (χ3v) is 6.95. The molecule has 0 saturated carbocycles. The van der Waals surface area contributed by atoms with Crippen molar-refractivity contribution >= 4 is 17.3 Å². The van der Waals surface area contributed by atoms with E-state index < -0.39 is 6.03 Å². The maximum atomic E-state index is 12.2. The van der Waals surface area contributed by atoms with E-state index in [0.29, 0.717) is 16.7 Å². The topological polar surface area (TPSA) is 58.4 Å². The molecule has 2 aromatic rings. The first-order valence-corrected chi connectivity index (χ1v) is 10.1. The molecule has 2 saturated heterocycles. The van der Waals surface area contributed by atoms with Gasteiger partial charge in [0.15, 0.2) is 5.69 Å². The smallest absolute Gasteiger partial charge is 0.348 e. The van der Waals surface area contributed by atoms with Gasteiger partial charge in [0.1, 0.15) is 12.2 Å². The molecule has 0 aliphatic carbocycles. The first kappa shape index (κ1) is 17.5. The zero-order valence-electron chi connectivity index (χ0n) is 16.2. The summed E-state index contributed by atoms with van der Waals surface area (Å²) < 4.78 is 0.330. The van der Waals surface area contributed by atoms with Gasteiger partial charge in [-0.05, 0) is 31.5 Å². The average molecular weight is 375 g/mol. The number of rotatable bonds is 3. The molecule has 28 heavy (non-hydrogen) atoms. The summed E-state index contributed by atoms with van der Waals surface area (Å²) in [4.78, 5) is 14.7. The van der Waals surface area contributed by atoms with Crippen molar-refractivity contribution in [2.45, 2.75) is 43.8 Å². The second-order valence-electron chi connectivity index (χ2n) is 8.35. The van der Waals surface area contributed by atoms with Crippen LogP contribution < -0.4 is 15.8 Å². The lowest BCUT2D eigenvalue weighted by atomic mass is 9.95. The molecule has 3 unspecified atom stereocenters. The maximum absolute atomic E-state index is 12.2. The normalized spacial score (nSPS) is 31.3. The third kappa shape index (κ3) is 2.58. The Bertz CT molecular complexity index is 927. The molecular formula is C23H27N4O+. The van der Waals surface area contributed by atoms with Gasteiger partial charge in [0.05, 0.1) is 11.1 Å². The number of fused-ring (bicyclic) bond motifs is 3. The Kier molecular flexibility index (Phi) is 4.03. The molecule has 3 aliphatic rings. The number of amides is 2. The van der Waals surface area contributed by atoms with Gasteiger partial charge in [0.2, 0.25) is 0 Å². The van der Waals surface area contributed by atoms with Gasteiger partial charge in [0, 0.05) is 31.0 Å². The molecule has 2 amide bonds. The summed E-state index contributed by atoms with van der Waals surface area (Å²) in [6.07, 6.45) is 6.82. The van der Waals surface area contributed by atoms with E-state index in [2.05, 4.69) is 72.1 Å². The monoisotopic (exact) mass is 375 g/mol. The van der Waals surface area contributed by atoms with Crippen molar-refractivity contribution in [3.63, 3.8) is 0 Å². The SMILES string of the molecule is CN1C2CCC1CC([N+]1(NC(N)=O)C=C(c3ccccc3)c3ccccc31)C2. The Morgan fingerprint density at radius 2 is 1.68 bits per heavy atom. The molecule has 2 fully saturated rings. The molecule has 3 heterocycles. The van der Waals surface area contributed by atoms with Crippen molar-refractivity contribution in [1.29, 1.82) is 0 Å². The van der Waals surface area contributed by atoms with Gasteiger partial charge in [-0.2, -0.15) is 10.0 Å². The first-order chi connectivity index (χ1) is 13.6. The predicted octanol–water partition coefficient (Wildman–Crippen LogP) is 3.61. The van der Waals surface area contributed by atoms with Crippen LogP contribution in [0.5, 0.6) is 0 Å². The van der Waals surface area contributed by atoms with E-state index in [1.54, 1.807) is 0 Å². The molecule has 0 aromatic heterocycles. The van der Waals surface area contributed by atoms with Crippen LogP contribution in [0.4, 0.5) is 10.5 Å². The summed E-state index contributed by atoms with van der Waals surface area (Å²) >= 11 is 0. The van der Waals surface area contributed by atoms with Crippen LogP contribution in [0, 0.1) is 0 Å². The van der Waals surface area contributed by atoms with E-state index in [9.17, 15) is 4.79 Å². The Labute approximate surface area is 166 Å². The van der Waals surface area contributed by atoms with Crippen LogP contribution in [-0.4, -0.2) is 36.1 Å². The van der Waals surface area contributed by atoms with Crippen LogP contribution in [0.15, 0.2) is 60.8 Å². The molecule has 3 atom stereocenters. The quantitative estimate of drug-likeness (QED) is 0.805. The average Bonchev–Trinajstić information content (AvgIpc) is 3.11. The maximum Gasteiger partial charge on any atom is 0.357 e. The van der Waals surface area contributed by atoms with Gasteiger partial charge in [0.25, 0.3) is 0 Å². The van der Waals surface area contributed by atoms with Crippen LogP contribution in [0.2, 0.25) is 0 Å². The van der Waals surface area contributed by atoms with Crippen molar-refractivity contribution in [3.8, 4) is 0 Å². The van der Waals surface area contributed by atoms with Gasteiger partial charge in [-0.15, -0.1) is 0 Å². The molecule has 5 rings (SSSR count). The number of para-hydroxylation sites is 1. The van der Waals surface area contributed by atoms with Crippen molar-refractivity contribution < 1.29 is 4.79 Å². The number of nitrogens with zero attached hydrogens (tertiary/aromatic N) is 2. The number of nitrogens with two attached hydrogens (primary N) is 1. The Morgan fingerprint density at radius 1 is 1.04 bits per heavy atom. The van der Waals surface area contributed by atoms with Crippen molar-refractivity contribution in [2.24, 2.45) is 5.73 Å². The van der Waals surface area contributed by atoms with E-state index in [1.165, 1.54) is 18.4 Å². The van der Waals surface area contributed by atoms with Gasteiger partial charge in [-0.3, -0.25) is 4.90 Å². The number of quaternary nitrogens is 1. The summed E-state index contributed by atoms with van der Waals surface area (Å²) in [6, 6.07) is 19.8. The van der Waals surface area contributed by atoms with Crippen LogP contribution in [0.1, 0.15) is 36.8 Å². The van der Waals surface area contributed by atoms with Gasteiger partial charge in [-0.25, -0.2) is 4.79 Å². The Balaban J connectivity index is 1.66. The summed E-state index contributed by atoms with van der Waals surface area (Å²) in [5.74, 6) is 0. The first-order valence-electron chi connectivity index (χ1n) is 10.1. The lowest BCUT2D eigenvalue weighted by Crippen LogP contribution is -2.67. The highest BCUT2D eigenvalue weighted by Gasteiger charge is 2.52. The Hall–Kier alpha value is -2.63. The lowest BCUT2D eigenvalue weighted by Gasteiger charge is -2.44. The van der Waals surface area contributed by atoms with Crippen LogP contribution in [0.25, 0.3) is 5.57 Å². The molecular weight excluding hydrogens is 348 g/mol. The number of nitrogens with one attached hydrogen (secondary N) is 1. The van der Waals surface area contributed by atoms with E-state index in [1.807, 2.05) is 6.07 Å². The number of carbonyl (C=O) groups excluding carboxylic acids is 1. The number of primary amides is 1. The number of hydrogen-bond donors (Lipinski definition) is 2. The number of carbonyl (C=O) groups is 1. The van der Waals surface area contributed by atoms with Crippen LogP contribution in [0.3, 0.4) is 0 Å². The molecule has 3 N–H and O–H groups in total. The van der Waals surface area contributed by atoms with Crippen LogP contribution in [-0.2, 0) is 0 Å². The van der Waals surface area contributed by atoms with E-state index in [4.69, 9.17) is 5.73 Å². The number of hydrogen-bond acceptors (Lipinski definition) is 2. The third-order valence-electron chi connectivity index (χ3n) is 6.95. The van der Waals surface area contributed by atoms with Crippen molar-refractivity contribution in [2.75, 3.05) is 7.05 Å². The second-order valence-corrected chi connectivity index (χ2v) is 8.35. The fraction of sp³-hybridized carbons (Fsp3) is 0.348. The summed E-state index contributed by atoms with van der Waals surface area (Å²) in [6.45, 7) is 0. The minimum Gasteiger partial charge on any atom is -0.348 e. The van der Waals surface area contributed by atoms with Gasteiger partial charge in [-0.1, -0.05) is 42.5 Å². The molecule has 2 aromatic carbocycles. The predicted molar refractivity (Wildman–Crippen MR) is 112 cm³/mol. The van der Waals surface area contributed by atoms with Crippen molar-refractivity contribution in [1.82, 2.24) is 14.9 Å². The highest BCUT2D eigenvalue weighted by atomic mass is 16.2. The standard InChI is InChI=1S/C23H26N4O/c1-26-17-11-12-18(26)14-19(13-17)27(25-23(24)28)15-21(16-7-3-2-4-8-16)20-9-5-6-10-22(20)27/h2-10,15,17-19H,11-14H2,1H3,(H2-,24,25,28)/p+1. The van der Waals surface area contributed by atoms with Gasteiger partial charge >= 0.3 is 6.03 Å². The highest BCUT2D eigenvalue weighted by molar-refractivity contribution is 5.92. The largest absolute Gasteiger partial charge is 0.357 e. The molecule has 3 aliphatic heterocycles. The number of urea groups is 1. The highest BCUT2D eigenvalue weighted by Crippen LogP contribution is 2.48. The fourth-order valence-corrected chi connectivity index (χ4v) is 5.60. The lowest BCUT2D eigenvalue weighted by molar-refractivity contribution is 0.0865. The molecule has 5 heteroatoms. The summed E-state index contributed by atoms with van der Waals surface area (Å²) in [5.41, 5.74) is 13.5. The minimum absolute atomic E-state index is 0.281. The Morgan fingerprint density at radius 3 is 2.36 bits per heavy atom. The van der Waals surface area contributed by atoms with Crippen molar-refractivity contribution in [3.05, 3.63) is 71.9 Å². The molecule has 5 nitrogen and oxygen atoms in total. The minimum atomic E-state index is -0.480. The second kappa shape index (κ2) is 6.47. The van der Waals surface area contributed by atoms with E-state index in [-0.39, 0.29) is 6.04 Å². The summed E-state index contributed by atoms with van der Waals surface area (Å²) in [5, 5.41) is 0. The fourth-order valence-electron chi connectivity index (χ4n) is 5.60. The van der Waals surface area contributed by atoms with Gasteiger partial charge < -0.3 is 5.73 Å². The number of benzene rings is 2. The van der Waals surface area contributed by atoms with Crippen LogP contribution >= 0.6 is 0 Å². The number of piperidine rings is 1. The zero-order chi connectivity index (χ0) is 19.3. The summed E-state index contributed by atoms with van der Waals surface area (Å²) in [7, 11) is 2.24. The van der Waals surface area contributed by atoms with E-state index in [0.717, 1.165) is 29.7 Å². The molecule has 144 valence electrons.